The number of benzene rings is 3. The van der Waals surface area contributed by atoms with Crippen molar-refractivity contribution in [1.82, 2.24) is 0 Å². The van der Waals surface area contributed by atoms with Crippen molar-refractivity contribution in [2.45, 2.75) is 6.92 Å². The zero-order chi connectivity index (χ0) is 18.1. The lowest BCUT2D eigenvalue weighted by atomic mass is 10.1. The van der Waals surface area contributed by atoms with Gasteiger partial charge in [-0.25, -0.2) is 4.39 Å². The third-order valence-electron chi connectivity index (χ3n) is 4.18. The topological polar surface area (TPSA) is 51.5 Å². The standard InChI is InChI=1S/C21H16FNO3/c1-13-10-14(22)6-8-18(13)23-21(24)12-25-15-7-9-20-17(11-15)16-4-2-3-5-19(16)26-20/h2-11H,12H2,1H3,(H,23,24). The van der Waals surface area contributed by atoms with Gasteiger partial charge in [0, 0.05) is 16.5 Å². The van der Waals surface area contributed by atoms with Crippen LogP contribution in [0.5, 0.6) is 5.75 Å². The van der Waals surface area contributed by atoms with Gasteiger partial charge in [0.1, 0.15) is 22.7 Å². The molecule has 0 unspecified atom stereocenters. The molecule has 1 aromatic heterocycles. The van der Waals surface area contributed by atoms with Crippen molar-refractivity contribution in [3.63, 3.8) is 0 Å². The zero-order valence-electron chi connectivity index (χ0n) is 14.1. The summed E-state index contributed by atoms with van der Waals surface area (Å²) < 4.78 is 24.5. The molecule has 3 aromatic carbocycles. The van der Waals surface area contributed by atoms with Gasteiger partial charge in [-0.15, -0.1) is 0 Å². The number of hydrogen-bond acceptors (Lipinski definition) is 3. The fourth-order valence-corrected chi connectivity index (χ4v) is 2.90. The number of carbonyl (C=O) groups excluding carboxylic acids is 1. The summed E-state index contributed by atoms with van der Waals surface area (Å²) in [5, 5.41) is 4.66. The number of para-hydroxylation sites is 1. The molecule has 1 heterocycles. The number of carbonyl (C=O) groups is 1. The Morgan fingerprint density at radius 1 is 1.04 bits per heavy atom. The Hall–Kier alpha value is -3.34. The summed E-state index contributed by atoms with van der Waals surface area (Å²) in [6, 6.07) is 17.4. The minimum absolute atomic E-state index is 0.141. The van der Waals surface area contributed by atoms with Crippen molar-refractivity contribution >= 4 is 33.5 Å². The van der Waals surface area contributed by atoms with Crippen LogP contribution >= 0.6 is 0 Å². The van der Waals surface area contributed by atoms with Crippen LogP contribution in [0.4, 0.5) is 10.1 Å². The first-order valence-corrected chi connectivity index (χ1v) is 8.20. The molecule has 26 heavy (non-hydrogen) atoms. The molecule has 1 N–H and O–H groups in total. The average molecular weight is 349 g/mol. The molecule has 0 radical (unpaired) electrons. The van der Waals surface area contributed by atoms with Gasteiger partial charge in [0.05, 0.1) is 0 Å². The molecule has 0 saturated carbocycles. The normalized spacial score (nSPS) is 11.0. The second-order valence-electron chi connectivity index (χ2n) is 6.05. The molecule has 4 rings (SSSR count). The van der Waals surface area contributed by atoms with E-state index in [1.807, 2.05) is 36.4 Å². The molecule has 1 amide bonds. The molecule has 0 saturated heterocycles. The second kappa shape index (κ2) is 6.52. The van der Waals surface area contributed by atoms with E-state index in [4.69, 9.17) is 9.15 Å². The molecule has 0 fully saturated rings. The number of halogens is 1. The van der Waals surface area contributed by atoms with E-state index in [2.05, 4.69) is 5.32 Å². The quantitative estimate of drug-likeness (QED) is 0.561. The maximum atomic E-state index is 13.1. The van der Waals surface area contributed by atoms with Crippen LogP contribution in [0.2, 0.25) is 0 Å². The van der Waals surface area contributed by atoms with E-state index in [0.717, 1.165) is 21.9 Å². The Kier molecular flexibility index (Phi) is 4.05. The van der Waals surface area contributed by atoms with Crippen LogP contribution in [0.25, 0.3) is 21.9 Å². The number of rotatable bonds is 4. The summed E-state index contributed by atoms with van der Waals surface area (Å²) >= 11 is 0. The van der Waals surface area contributed by atoms with Crippen LogP contribution in [-0.2, 0) is 4.79 Å². The average Bonchev–Trinajstić information content (AvgIpc) is 3.00. The Balaban J connectivity index is 1.48. The van der Waals surface area contributed by atoms with Crippen LogP contribution in [0.3, 0.4) is 0 Å². The highest BCUT2D eigenvalue weighted by Crippen LogP contribution is 2.31. The number of fused-ring (bicyclic) bond motifs is 3. The number of nitrogens with one attached hydrogen (secondary N) is 1. The molecule has 4 nitrogen and oxygen atoms in total. The Morgan fingerprint density at radius 3 is 2.69 bits per heavy atom. The number of amides is 1. The van der Waals surface area contributed by atoms with E-state index in [-0.39, 0.29) is 18.3 Å². The van der Waals surface area contributed by atoms with Crippen LogP contribution < -0.4 is 10.1 Å². The lowest BCUT2D eigenvalue weighted by Crippen LogP contribution is -2.20. The molecule has 0 aliphatic heterocycles. The molecular weight excluding hydrogens is 333 g/mol. The van der Waals surface area contributed by atoms with Crippen molar-refractivity contribution in [3.05, 3.63) is 72.0 Å². The van der Waals surface area contributed by atoms with E-state index in [1.54, 1.807) is 13.0 Å². The predicted octanol–water partition coefficient (Wildman–Crippen LogP) is 5.05. The summed E-state index contributed by atoms with van der Waals surface area (Å²) in [6.45, 7) is 1.59. The SMILES string of the molecule is Cc1cc(F)ccc1NC(=O)COc1ccc2oc3ccccc3c2c1. The highest BCUT2D eigenvalue weighted by molar-refractivity contribution is 6.05. The summed E-state index contributed by atoms with van der Waals surface area (Å²) in [6.07, 6.45) is 0. The van der Waals surface area contributed by atoms with E-state index in [9.17, 15) is 9.18 Å². The Labute approximate surface area is 149 Å². The first-order valence-electron chi connectivity index (χ1n) is 8.20. The molecular formula is C21H16FNO3. The zero-order valence-corrected chi connectivity index (χ0v) is 14.1. The minimum Gasteiger partial charge on any atom is -0.484 e. The molecule has 130 valence electrons. The smallest absolute Gasteiger partial charge is 0.262 e. The monoisotopic (exact) mass is 349 g/mol. The van der Waals surface area contributed by atoms with Crippen molar-refractivity contribution in [3.8, 4) is 5.75 Å². The van der Waals surface area contributed by atoms with Gasteiger partial charge in [-0.1, -0.05) is 18.2 Å². The van der Waals surface area contributed by atoms with Crippen molar-refractivity contribution in [1.29, 1.82) is 0 Å². The van der Waals surface area contributed by atoms with Gasteiger partial charge in [0.15, 0.2) is 6.61 Å². The lowest BCUT2D eigenvalue weighted by Gasteiger charge is -2.09. The Morgan fingerprint density at radius 2 is 1.85 bits per heavy atom. The largest absolute Gasteiger partial charge is 0.484 e. The van der Waals surface area contributed by atoms with Crippen molar-refractivity contribution in [2.75, 3.05) is 11.9 Å². The second-order valence-corrected chi connectivity index (χ2v) is 6.05. The van der Waals surface area contributed by atoms with Gasteiger partial charge in [-0.3, -0.25) is 4.79 Å². The van der Waals surface area contributed by atoms with E-state index >= 15 is 0 Å². The maximum absolute atomic E-state index is 13.1. The minimum atomic E-state index is -0.336. The number of hydrogen-bond donors (Lipinski definition) is 1. The van der Waals surface area contributed by atoms with E-state index < -0.39 is 0 Å². The number of furan rings is 1. The van der Waals surface area contributed by atoms with Gasteiger partial charge < -0.3 is 14.5 Å². The predicted molar refractivity (Wildman–Crippen MR) is 99.0 cm³/mol. The molecule has 5 heteroatoms. The van der Waals surface area contributed by atoms with Crippen molar-refractivity contribution in [2.24, 2.45) is 0 Å². The highest BCUT2D eigenvalue weighted by atomic mass is 19.1. The molecule has 0 atom stereocenters. The van der Waals surface area contributed by atoms with E-state index in [1.165, 1.54) is 18.2 Å². The van der Waals surface area contributed by atoms with Crippen molar-refractivity contribution < 1.29 is 18.3 Å². The van der Waals surface area contributed by atoms with Gasteiger partial charge in [0.2, 0.25) is 0 Å². The summed E-state index contributed by atoms with van der Waals surface area (Å²) in [4.78, 5) is 12.1. The highest BCUT2D eigenvalue weighted by Gasteiger charge is 2.10. The van der Waals surface area contributed by atoms with Crippen LogP contribution in [-0.4, -0.2) is 12.5 Å². The molecule has 0 aliphatic rings. The number of aryl methyl sites for hydroxylation is 1. The third-order valence-corrected chi connectivity index (χ3v) is 4.18. The number of ether oxygens (including phenoxy) is 1. The lowest BCUT2D eigenvalue weighted by molar-refractivity contribution is -0.118. The molecule has 0 aliphatic carbocycles. The van der Waals surface area contributed by atoms with Gasteiger partial charge in [-0.05, 0) is 55.0 Å². The first-order chi connectivity index (χ1) is 12.6. The van der Waals surface area contributed by atoms with Crippen LogP contribution in [0.15, 0.2) is 65.1 Å². The van der Waals surface area contributed by atoms with E-state index in [0.29, 0.717) is 17.0 Å². The van der Waals surface area contributed by atoms with Gasteiger partial charge >= 0.3 is 0 Å². The summed E-state index contributed by atoms with van der Waals surface area (Å²) in [7, 11) is 0. The Bertz CT molecular complexity index is 1120. The van der Waals surface area contributed by atoms with Crippen LogP contribution in [0, 0.1) is 12.7 Å². The summed E-state index contributed by atoms with van der Waals surface area (Å²) in [5.41, 5.74) is 2.80. The summed E-state index contributed by atoms with van der Waals surface area (Å²) in [5.74, 6) is -0.0655. The fourth-order valence-electron chi connectivity index (χ4n) is 2.90. The first kappa shape index (κ1) is 16.1. The number of anilines is 1. The molecule has 0 spiro atoms. The molecule has 4 aromatic rings. The molecule has 0 bridgehead atoms. The van der Waals surface area contributed by atoms with Gasteiger partial charge in [-0.2, -0.15) is 0 Å². The van der Waals surface area contributed by atoms with Gasteiger partial charge in [0.25, 0.3) is 5.91 Å². The third kappa shape index (κ3) is 3.11. The van der Waals surface area contributed by atoms with Crippen LogP contribution in [0.1, 0.15) is 5.56 Å². The maximum Gasteiger partial charge on any atom is 0.262 e. The fraction of sp³-hybridized carbons (Fsp3) is 0.0952.